The van der Waals surface area contributed by atoms with E-state index in [-0.39, 0.29) is 5.69 Å². The van der Waals surface area contributed by atoms with Gasteiger partial charge in [0, 0.05) is 28.4 Å². The molecule has 4 nitrogen and oxygen atoms in total. The van der Waals surface area contributed by atoms with Crippen LogP contribution in [0.1, 0.15) is 5.56 Å². The summed E-state index contributed by atoms with van der Waals surface area (Å²) in [5.41, 5.74) is 1.33. The van der Waals surface area contributed by atoms with E-state index in [0.717, 1.165) is 5.69 Å². The van der Waals surface area contributed by atoms with Crippen LogP contribution in [0.25, 0.3) is 0 Å². The van der Waals surface area contributed by atoms with Crippen molar-refractivity contribution in [2.75, 3.05) is 5.32 Å². The Labute approximate surface area is 120 Å². The number of benzene rings is 2. The summed E-state index contributed by atoms with van der Waals surface area (Å²) in [7, 11) is 0. The Morgan fingerprint density at radius 2 is 1.95 bits per heavy atom. The monoisotopic (exact) mass is 292 g/mol. The maximum absolute atomic E-state index is 10.7. The lowest BCUT2D eigenvalue weighted by Gasteiger charge is -2.08. The first-order valence-electron chi connectivity index (χ1n) is 5.37. The number of nitro benzene ring substituents is 1. The van der Waals surface area contributed by atoms with Crippen molar-refractivity contribution in [1.82, 2.24) is 0 Å². The summed E-state index contributed by atoms with van der Waals surface area (Å²) < 4.78 is 0. The molecule has 0 atom stereocenters. The number of hydrogen-bond donors (Lipinski definition) is 1. The molecule has 2 rings (SSSR count). The molecular formula is C13H9ClN2O2S. The van der Waals surface area contributed by atoms with Gasteiger partial charge in [0.15, 0.2) is 0 Å². The van der Waals surface area contributed by atoms with Crippen LogP contribution in [0.4, 0.5) is 11.4 Å². The maximum atomic E-state index is 10.7. The van der Waals surface area contributed by atoms with E-state index in [4.69, 9.17) is 23.8 Å². The van der Waals surface area contributed by atoms with Crippen molar-refractivity contribution in [2.24, 2.45) is 0 Å². The van der Waals surface area contributed by atoms with Gasteiger partial charge in [-0.3, -0.25) is 10.1 Å². The second kappa shape index (κ2) is 5.77. The number of anilines is 1. The molecule has 0 unspecified atom stereocenters. The molecule has 0 radical (unpaired) electrons. The van der Waals surface area contributed by atoms with Gasteiger partial charge in [0.1, 0.15) is 4.99 Å². The summed E-state index contributed by atoms with van der Waals surface area (Å²) in [6.07, 6.45) is 0. The molecular weight excluding hydrogens is 284 g/mol. The molecule has 19 heavy (non-hydrogen) atoms. The maximum Gasteiger partial charge on any atom is 0.270 e. The molecule has 0 aromatic heterocycles. The Hall–Kier alpha value is -1.98. The molecule has 0 bridgehead atoms. The zero-order valence-corrected chi connectivity index (χ0v) is 11.2. The van der Waals surface area contributed by atoms with Gasteiger partial charge in [-0.15, -0.1) is 0 Å². The fourth-order valence-electron chi connectivity index (χ4n) is 1.53. The quantitative estimate of drug-likeness (QED) is 0.527. The summed E-state index contributed by atoms with van der Waals surface area (Å²) in [6.45, 7) is 0. The number of nitro groups is 1. The first-order valence-corrected chi connectivity index (χ1v) is 6.16. The number of non-ortho nitro benzene ring substituents is 1. The van der Waals surface area contributed by atoms with E-state index in [0.29, 0.717) is 15.6 Å². The van der Waals surface area contributed by atoms with Crippen molar-refractivity contribution < 1.29 is 4.92 Å². The second-order valence-corrected chi connectivity index (χ2v) is 4.62. The van der Waals surface area contributed by atoms with Crippen molar-refractivity contribution in [2.45, 2.75) is 0 Å². The highest BCUT2D eigenvalue weighted by Crippen LogP contribution is 2.18. The van der Waals surface area contributed by atoms with E-state index >= 15 is 0 Å². The van der Waals surface area contributed by atoms with E-state index in [1.165, 1.54) is 12.1 Å². The molecule has 0 saturated heterocycles. The Morgan fingerprint density at radius 1 is 1.21 bits per heavy atom. The number of thiocarbonyl (C=S) groups is 1. The topological polar surface area (TPSA) is 55.2 Å². The average molecular weight is 293 g/mol. The van der Waals surface area contributed by atoms with Gasteiger partial charge in [-0.1, -0.05) is 42.0 Å². The lowest BCUT2D eigenvalue weighted by Crippen LogP contribution is -2.10. The minimum absolute atomic E-state index is 0.00717. The lowest BCUT2D eigenvalue weighted by atomic mass is 10.2. The minimum atomic E-state index is -0.453. The molecule has 0 amide bonds. The summed E-state index contributed by atoms with van der Waals surface area (Å²) in [5.74, 6) is 0. The molecule has 6 heteroatoms. The zero-order chi connectivity index (χ0) is 13.8. The molecule has 0 aliphatic rings. The van der Waals surface area contributed by atoms with Gasteiger partial charge in [-0.25, -0.2) is 0 Å². The minimum Gasteiger partial charge on any atom is -0.346 e. The van der Waals surface area contributed by atoms with Crippen LogP contribution in [-0.2, 0) is 0 Å². The number of rotatable bonds is 3. The number of nitrogens with one attached hydrogen (secondary N) is 1. The summed E-state index contributed by atoms with van der Waals surface area (Å²) in [6, 6.07) is 13.3. The van der Waals surface area contributed by atoms with Crippen molar-refractivity contribution in [3.63, 3.8) is 0 Å². The Kier molecular flexibility index (Phi) is 4.09. The van der Waals surface area contributed by atoms with Crippen molar-refractivity contribution in [3.05, 3.63) is 69.2 Å². The number of hydrogen-bond acceptors (Lipinski definition) is 3. The largest absolute Gasteiger partial charge is 0.346 e. The van der Waals surface area contributed by atoms with Gasteiger partial charge in [0.25, 0.3) is 5.69 Å². The van der Waals surface area contributed by atoms with Crippen LogP contribution in [-0.4, -0.2) is 9.91 Å². The normalized spacial score (nSPS) is 9.95. The van der Waals surface area contributed by atoms with Gasteiger partial charge < -0.3 is 5.32 Å². The van der Waals surface area contributed by atoms with Gasteiger partial charge >= 0.3 is 0 Å². The van der Waals surface area contributed by atoms with Crippen LogP contribution in [0.3, 0.4) is 0 Å². The standard InChI is InChI=1S/C13H9ClN2O2S/c14-10-4-2-5-11(8-10)15-13(19)9-3-1-6-12(7-9)16(17)18/h1-8H,(H,15,19). The third-order valence-corrected chi connectivity index (χ3v) is 2.97. The van der Waals surface area contributed by atoms with Crippen molar-refractivity contribution >= 4 is 40.2 Å². The second-order valence-electron chi connectivity index (χ2n) is 3.77. The van der Waals surface area contributed by atoms with Crippen LogP contribution >= 0.6 is 23.8 Å². The fraction of sp³-hybridized carbons (Fsp3) is 0. The van der Waals surface area contributed by atoms with Gasteiger partial charge in [0.2, 0.25) is 0 Å². The van der Waals surface area contributed by atoms with E-state index in [1.807, 2.05) is 6.07 Å². The Bertz CT molecular complexity index is 646. The SMILES string of the molecule is O=[N+]([O-])c1cccc(C(=S)Nc2cccc(Cl)c2)c1. The molecule has 2 aromatic rings. The van der Waals surface area contributed by atoms with E-state index in [2.05, 4.69) is 5.32 Å². The molecule has 0 aliphatic heterocycles. The van der Waals surface area contributed by atoms with E-state index < -0.39 is 4.92 Å². The smallest absolute Gasteiger partial charge is 0.270 e. The summed E-state index contributed by atoms with van der Waals surface area (Å²) in [4.78, 5) is 10.7. The van der Waals surface area contributed by atoms with Crippen LogP contribution < -0.4 is 5.32 Å². The van der Waals surface area contributed by atoms with E-state index in [9.17, 15) is 10.1 Å². The fourth-order valence-corrected chi connectivity index (χ4v) is 1.97. The average Bonchev–Trinajstić information content (AvgIpc) is 2.39. The number of nitrogens with zero attached hydrogens (tertiary/aromatic N) is 1. The summed E-state index contributed by atoms with van der Waals surface area (Å²) >= 11 is 11.1. The van der Waals surface area contributed by atoms with Gasteiger partial charge in [-0.2, -0.15) is 0 Å². The highest BCUT2D eigenvalue weighted by atomic mass is 35.5. The first kappa shape index (κ1) is 13.5. The van der Waals surface area contributed by atoms with Crippen LogP contribution in [0.5, 0.6) is 0 Å². The molecule has 0 fully saturated rings. The molecule has 0 aliphatic carbocycles. The Morgan fingerprint density at radius 3 is 2.63 bits per heavy atom. The van der Waals surface area contributed by atoms with E-state index in [1.54, 1.807) is 30.3 Å². The molecule has 0 heterocycles. The van der Waals surface area contributed by atoms with Crippen molar-refractivity contribution in [3.8, 4) is 0 Å². The van der Waals surface area contributed by atoms with Crippen LogP contribution in [0.15, 0.2) is 48.5 Å². The van der Waals surface area contributed by atoms with Gasteiger partial charge in [-0.05, 0) is 18.2 Å². The first-order chi connectivity index (χ1) is 9.06. The molecule has 1 N–H and O–H groups in total. The molecule has 2 aromatic carbocycles. The predicted molar refractivity (Wildman–Crippen MR) is 79.9 cm³/mol. The predicted octanol–water partition coefficient (Wildman–Crippen LogP) is 4.04. The third kappa shape index (κ3) is 3.49. The van der Waals surface area contributed by atoms with Gasteiger partial charge in [0.05, 0.1) is 4.92 Å². The molecule has 96 valence electrons. The Balaban J connectivity index is 2.20. The van der Waals surface area contributed by atoms with Crippen LogP contribution in [0, 0.1) is 10.1 Å². The third-order valence-electron chi connectivity index (χ3n) is 2.40. The molecule has 0 saturated carbocycles. The highest BCUT2D eigenvalue weighted by Gasteiger charge is 2.09. The van der Waals surface area contributed by atoms with Crippen LogP contribution in [0.2, 0.25) is 5.02 Å². The lowest BCUT2D eigenvalue weighted by molar-refractivity contribution is -0.384. The number of halogens is 1. The van der Waals surface area contributed by atoms with Crippen molar-refractivity contribution in [1.29, 1.82) is 0 Å². The molecule has 0 spiro atoms. The zero-order valence-electron chi connectivity index (χ0n) is 9.67. The highest BCUT2D eigenvalue weighted by molar-refractivity contribution is 7.81. The summed E-state index contributed by atoms with van der Waals surface area (Å²) in [5, 5.41) is 14.3.